The van der Waals surface area contributed by atoms with Crippen LogP contribution < -0.4 is 10.1 Å². The third-order valence-corrected chi connectivity index (χ3v) is 7.55. The van der Waals surface area contributed by atoms with Gasteiger partial charge >= 0.3 is 6.18 Å². The summed E-state index contributed by atoms with van der Waals surface area (Å²) in [6.45, 7) is 2.81. The highest BCUT2D eigenvalue weighted by atomic mass is 35.5. The van der Waals surface area contributed by atoms with Crippen LogP contribution in [-0.2, 0) is 16.2 Å². The van der Waals surface area contributed by atoms with Crippen molar-refractivity contribution in [1.29, 1.82) is 0 Å². The molecule has 6 nitrogen and oxygen atoms in total. The lowest BCUT2D eigenvalue weighted by atomic mass is 10.0. The molecule has 1 saturated heterocycles. The Kier molecular flexibility index (Phi) is 7.06. The van der Waals surface area contributed by atoms with Gasteiger partial charge in [-0.3, -0.25) is 4.79 Å². The number of benzene rings is 2. The molecule has 32 heavy (non-hydrogen) atoms. The summed E-state index contributed by atoms with van der Waals surface area (Å²) in [5.74, 6) is -0.306. The summed E-state index contributed by atoms with van der Waals surface area (Å²) in [6.07, 6.45) is -3.23. The Labute approximate surface area is 189 Å². The summed E-state index contributed by atoms with van der Waals surface area (Å²) in [7, 11) is -2.54. The van der Waals surface area contributed by atoms with Gasteiger partial charge in [-0.15, -0.1) is 0 Å². The Bertz CT molecular complexity index is 1110. The van der Waals surface area contributed by atoms with Crippen molar-refractivity contribution >= 4 is 33.2 Å². The Morgan fingerprint density at radius 2 is 1.81 bits per heavy atom. The SMILES string of the molecule is COc1ccc(S(=O)(=O)N2CCC(C)CC2)cc1C(=O)Nc1ccc(Cl)c(C(F)(F)F)c1. The zero-order valence-corrected chi connectivity index (χ0v) is 18.9. The van der Waals surface area contributed by atoms with E-state index in [1.807, 2.05) is 0 Å². The summed E-state index contributed by atoms with van der Waals surface area (Å²) in [6, 6.07) is 6.81. The van der Waals surface area contributed by atoms with Crippen LogP contribution in [0, 0.1) is 5.92 Å². The molecule has 3 rings (SSSR count). The maximum absolute atomic E-state index is 13.1. The number of amides is 1. The first-order chi connectivity index (χ1) is 14.9. The third-order valence-electron chi connectivity index (χ3n) is 5.33. The molecule has 0 spiro atoms. The van der Waals surface area contributed by atoms with Crippen molar-refractivity contribution in [2.75, 3.05) is 25.5 Å². The molecule has 0 bridgehead atoms. The molecule has 1 heterocycles. The number of piperidine rings is 1. The minimum Gasteiger partial charge on any atom is -0.496 e. The molecule has 1 fully saturated rings. The number of hydrogen-bond donors (Lipinski definition) is 1. The van der Waals surface area contributed by atoms with Crippen molar-refractivity contribution < 1.29 is 31.1 Å². The molecule has 1 aliphatic heterocycles. The molecular formula is C21H22ClF3N2O4S. The second kappa shape index (κ2) is 9.29. The van der Waals surface area contributed by atoms with Crippen LogP contribution in [0.2, 0.25) is 5.02 Å². The molecule has 2 aromatic carbocycles. The standard InChI is InChI=1S/C21H22ClF3N2O4S/c1-13-7-9-27(10-8-13)32(29,30)15-4-6-19(31-2)16(12-15)20(28)26-14-3-5-18(22)17(11-14)21(23,24)25/h3-6,11-13H,7-10H2,1-2H3,(H,26,28). The monoisotopic (exact) mass is 490 g/mol. The first kappa shape index (κ1) is 24.3. The van der Waals surface area contributed by atoms with Gasteiger partial charge in [0.1, 0.15) is 5.75 Å². The van der Waals surface area contributed by atoms with Crippen LogP contribution >= 0.6 is 11.6 Å². The number of halogens is 4. The number of rotatable bonds is 5. The molecule has 0 aromatic heterocycles. The fourth-order valence-electron chi connectivity index (χ4n) is 3.42. The lowest BCUT2D eigenvalue weighted by molar-refractivity contribution is -0.137. The Morgan fingerprint density at radius 1 is 1.16 bits per heavy atom. The summed E-state index contributed by atoms with van der Waals surface area (Å²) in [4.78, 5) is 12.7. The first-order valence-corrected chi connectivity index (χ1v) is 11.6. The maximum atomic E-state index is 13.1. The van der Waals surface area contributed by atoms with Gasteiger partial charge in [-0.1, -0.05) is 18.5 Å². The fraction of sp³-hybridized carbons (Fsp3) is 0.381. The molecule has 1 amide bonds. The van der Waals surface area contributed by atoms with Crippen molar-refractivity contribution in [3.63, 3.8) is 0 Å². The molecule has 0 aliphatic carbocycles. The van der Waals surface area contributed by atoms with Crippen LogP contribution in [0.3, 0.4) is 0 Å². The van der Waals surface area contributed by atoms with Crippen molar-refractivity contribution in [3.8, 4) is 5.75 Å². The van der Waals surface area contributed by atoms with E-state index in [4.69, 9.17) is 16.3 Å². The van der Waals surface area contributed by atoms with Crippen molar-refractivity contribution in [2.45, 2.75) is 30.8 Å². The van der Waals surface area contributed by atoms with Gasteiger partial charge in [-0.2, -0.15) is 17.5 Å². The molecule has 11 heteroatoms. The van der Waals surface area contributed by atoms with E-state index >= 15 is 0 Å². The van der Waals surface area contributed by atoms with Crippen LogP contribution in [-0.4, -0.2) is 38.8 Å². The number of carbonyl (C=O) groups excluding carboxylic acids is 1. The Hall–Kier alpha value is -2.30. The van der Waals surface area contributed by atoms with Crippen LogP contribution in [0.4, 0.5) is 18.9 Å². The second-order valence-electron chi connectivity index (χ2n) is 7.60. The smallest absolute Gasteiger partial charge is 0.417 e. The van der Waals surface area contributed by atoms with Crippen molar-refractivity contribution in [3.05, 3.63) is 52.5 Å². The van der Waals surface area contributed by atoms with Gasteiger partial charge in [0.05, 0.1) is 28.2 Å². The number of sulfonamides is 1. The quantitative estimate of drug-likeness (QED) is 0.637. The summed E-state index contributed by atoms with van der Waals surface area (Å²) >= 11 is 5.61. The van der Waals surface area contributed by atoms with Gasteiger partial charge in [0.25, 0.3) is 5.91 Å². The number of alkyl halides is 3. The molecule has 1 aliphatic rings. The third kappa shape index (κ3) is 5.19. The molecule has 0 radical (unpaired) electrons. The normalized spacial score (nSPS) is 16.1. The number of carbonyl (C=O) groups is 1. The van der Waals surface area contributed by atoms with Gasteiger partial charge in [0, 0.05) is 18.8 Å². The topological polar surface area (TPSA) is 75.7 Å². The van der Waals surface area contributed by atoms with Crippen molar-refractivity contribution in [1.82, 2.24) is 4.31 Å². The van der Waals surface area contributed by atoms with E-state index in [9.17, 15) is 26.4 Å². The van der Waals surface area contributed by atoms with E-state index < -0.39 is 32.7 Å². The summed E-state index contributed by atoms with van der Waals surface area (Å²) < 4.78 is 71.9. The number of methoxy groups -OCH3 is 1. The second-order valence-corrected chi connectivity index (χ2v) is 9.94. The number of nitrogens with one attached hydrogen (secondary N) is 1. The minimum absolute atomic E-state index is 0.0822. The molecule has 0 unspecified atom stereocenters. The van der Waals surface area contributed by atoms with E-state index in [0.717, 1.165) is 18.9 Å². The zero-order chi connectivity index (χ0) is 23.7. The molecule has 2 aromatic rings. The Morgan fingerprint density at radius 3 is 2.41 bits per heavy atom. The molecular weight excluding hydrogens is 469 g/mol. The van der Waals surface area contributed by atoms with E-state index in [0.29, 0.717) is 25.1 Å². The van der Waals surface area contributed by atoms with Gasteiger partial charge in [0.2, 0.25) is 10.0 Å². The van der Waals surface area contributed by atoms with Gasteiger partial charge in [-0.05, 0) is 55.2 Å². The molecule has 0 saturated carbocycles. The molecule has 174 valence electrons. The highest BCUT2D eigenvalue weighted by Gasteiger charge is 2.34. The van der Waals surface area contributed by atoms with Crippen LogP contribution in [0.1, 0.15) is 35.7 Å². The zero-order valence-electron chi connectivity index (χ0n) is 17.4. The number of ether oxygens (including phenoxy) is 1. The van der Waals surface area contributed by atoms with Gasteiger partial charge in [-0.25, -0.2) is 8.42 Å². The predicted octanol–water partition coefficient (Wildman–Crippen LogP) is 5.04. The van der Waals surface area contributed by atoms with Gasteiger partial charge < -0.3 is 10.1 Å². The van der Waals surface area contributed by atoms with Crippen molar-refractivity contribution in [2.24, 2.45) is 5.92 Å². The molecule has 0 atom stereocenters. The summed E-state index contributed by atoms with van der Waals surface area (Å²) in [5, 5.41) is 1.85. The average molecular weight is 491 g/mol. The van der Waals surface area contributed by atoms with E-state index in [1.54, 1.807) is 0 Å². The predicted molar refractivity (Wildman–Crippen MR) is 115 cm³/mol. The number of nitrogens with zero attached hydrogens (tertiary/aromatic N) is 1. The highest BCUT2D eigenvalue weighted by Crippen LogP contribution is 2.36. The Balaban J connectivity index is 1.91. The highest BCUT2D eigenvalue weighted by molar-refractivity contribution is 7.89. The first-order valence-electron chi connectivity index (χ1n) is 9.79. The van der Waals surface area contributed by atoms with Crippen LogP contribution in [0.15, 0.2) is 41.3 Å². The lowest BCUT2D eigenvalue weighted by Crippen LogP contribution is -2.37. The van der Waals surface area contributed by atoms with E-state index in [-0.39, 0.29) is 21.9 Å². The maximum Gasteiger partial charge on any atom is 0.417 e. The van der Waals surface area contributed by atoms with E-state index in [1.165, 1.54) is 35.7 Å². The molecule has 1 N–H and O–H groups in total. The largest absolute Gasteiger partial charge is 0.496 e. The lowest BCUT2D eigenvalue weighted by Gasteiger charge is -2.29. The summed E-state index contributed by atoms with van der Waals surface area (Å²) in [5.41, 5.74) is -1.37. The van der Waals surface area contributed by atoms with E-state index in [2.05, 4.69) is 12.2 Å². The minimum atomic E-state index is -4.70. The fourth-order valence-corrected chi connectivity index (χ4v) is 5.14. The number of hydrogen-bond acceptors (Lipinski definition) is 4. The average Bonchev–Trinajstić information content (AvgIpc) is 2.74. The van der Waals surface area contributed by atoms with Gasteiger partial charge in [0.15, 0.2) is 0 Å². The van der Waals surface area contributed by atoms with Crippen LogP contribution in [0.25, 0.3) is 0 Å². The van der Waals surface area contributed by atoms with Crippen LogP contribution in [0.5, 0.6) is 5.75 Å². The number of anilines is 1.